The maximum atomic E-state index is 12.8. The Morgan fingerprint density at radius 1 is 1.10 bits per heavy atom. The van der Waals surface area contributed by atoms with Crippen LogP contribution in [-0.4, -0.2) is 20.4 Å². The highest BCUT2D eigenvalue weighted by Gasteiger charge is 2.16. The lowest BCUT2D eigenvalue weighted by atomic mass is 10.1. The van der Waals surface area contributed by atoms with Gasteiger partial charge in [-0.2, -0.15) is 0 Å². The summed E-state index contributed by atoms with van der Waals surface area (Å²) < 4.78 is 1.91. The second-order valence-electron chi connectivity index (χ2n) is 7.60. The van der Waals surface area contributed by atoms with Gasteiger partial charge in [0, 0.05) is 11.9 Å². The van der Waals surface area contributed by atoms with E-state index in [1.54, 1.807) is 24.2 Å². The number of thioether (sulfide) groups is 1. The summed E-state index contributed by atoms with van der Waals surface area (Å²) in [6, 6.07) is 13.9. The number of carbonyl (C=O) groups is 1. The average Bonchev–Trinajstić information content (AvgIpc) is 3.08. The number of aromatic nitrogens is 3. The lowest BCUT2D eigenvalue weighted by Gasteiger charge is -2.12. The highest BCUT2D eigenvalue weighted by molar-refractivity contribution is 7.98. The average molecular weight is 451 g/mol. The number of pyridine rings is 1. The van der Waals surface area contributed by atoms with Gasteiger partial charge >= 0.3 is 0 Å². The van der Waals surface area contributed by atoms with Crippen LogP contribution in [0.15, 0.2) is 60.0 Å². The molecule has 0 aliphatic carbocycles. The van der Waals surface area contributed by atoms with Crippen LogP contribution in [0.5, 0.6) is 0 Å². The number of hydrogen-bond acceptors (Lipinski definition) is 4. The van der Waals surface area contributed by atoms with Gasteiger partial charge in [-0.05, 0) is 55.7 Å². The van der Waals surface area contributed by atoms with Gasteiger partial charge in [0.05, 0.1) is 27.9 Å². The van der Waals surface area contributed by atoms with Gasteiger partial charge in [0.1, 0.15) is 6.54 Å². The Bertz CT molecular complexity index is 1270. The molecule has 0 spiro atoms. The first-order valence-corrected chi connectivity index (χ1v) is 11.3. The third-order valence-electron chi connectivity index (χ3n) is 5.08. The summed E-state index contributed by atoms with van der Waals surface area (Å²) in [4.78, 5) is 21.8. The zero-order valence-electron chi connectivity index (χ0n) is 17.6. The molecule has 0 aliphatic rings. The van der Waals surface area contributed by atoms with Gasteiger partial charge in [-0.3, -0.25) is 9.78 Å². The monoisotopic (exact) mass is 450 g/mol. The van der Waals surface area contributed by atoms with Crippen LogP contribution in [0.4, 0.5) is 5.69 Å². The van der Waals surface area contributed by atoms with Gasteiger partial charge in [-0.25, -0.2) is 4.98 Å². The minimum Gasteiger partial charge on any atom is -0.323 e. The van der Waals surface area contributed by atoms with Crippen molar-refractivity contribution >= 4 is 46.0 Å². The molecule has 158 valence electrons. The minimum absolute atomic E-state index is 0.127. The summed E-state index contributed by atoms with van der Waals surface area (Å²) in [5.41, 5.74) is 7.03. The molecule has 1 N–H and O–H groups in total. The molecule has 0 aliphatic heterocycles. The van der Waals surface area contributed by atoms with Crippen molar-refractivity contribution in [3.05, 3.63) is 82.1 Å². The molecule has 0 fully saturated rings. The normalized spacial score (nSPS) is 11.1. The number of halogens is 1. The number of carbonyl (C=O) groups excluding carboxylic acids is 1. The zero-order chi connectivity index (χ0) is 22.0. The Labute approximate surface area is 190 Å². The van der Waals surface area contributed by atoms with E-state index in [4.69, 9.17) is 16.6 Å². The van der Waals surface area contributed by atoms with E-state index >= 15 is 0 Å². The SMILES string of the molecule is Cc1ccc(NC(=O)Cn2c(SCc3cc(C)ccc3C)nc3ccncc32)c(Cl)c1. The molecule has 5 nitrogen and oxygen atoms in total. The van der Waals surface area contributed by atoms with Crippen molar-refractivity contribution in [2.45, 2.75) is 38.2 Å². The molecular weight excluding hydrogens is 428 g/mol. The third kappa shape index (κ3) is 4.92. The Balaban J connectivity index is 1.58. The number of hydrogen-bond donors (Lipinski definition) is 1. The Morgan fingerprint density at radius 2 is 1.87 bits per heavy atom. The number of anilines is 1. The van der Waals surface area contributed by atoms with E-state index < -0.39 is 0 Å². The molecule has 2 aromatic carbocycles. The zero-order valence-corrected chi connectivity index (χ0v) is 19.2. The van der Waals surface area contributed by atoms with Crippen LogP contribution in [0, 0.1) is 20.8 Å². The van der Waals surface area contributed by atoms with Crippen molar-refractivity contribution in [3.8, 4) is 0 Å². The highest BCUT2D eigenvalue weighted by atomic mass is 35.5. The van der Waals surface area contributed by atoms with Crippen molar-refractivity contribution in [1.29, 1.82) is 0 Å². The van der Waals surface area contributed by atoms with E-state index in [0.29, 0.717) is 10.7 Å². The molecule has 4 aromatic rings. The number of aryl methyl sites for hydroxylation is 3. The van der Waals surface area contributed by atoms with Crippen LogP contribution < -0.4 is 5.32 Å². The second-order valence-corrected chi connectivity index (χ2v) is 8.94. The summed E-state index contributed by atoms with van der Waals surface area (Å²) in [6.07, 6.45) is 3.46. The standard InChI is InChI=1S/C24H23ClN4OS/c1-15-4-6-17(3)18(10-15)14-31-24-28-21-8-9-26-12-22(21)29(24)13-23(30)27-20-7-5-16(2)11-19(20)25/h4-12H,13-14H2,1-3H3,(H,27,30). The molecule has 0 radical (unpaired) electrons. The number of amides is 1. The molecule has 2 heterocycles. The van der Waals surface area contributed by atoms with Crippen LogP contribution in [0.3, 0.4) is 0 Å². The maximum absolute atomic E-state index is 12.8. The number of fused-ring (bicyclic) bond motifs is 1. The predicted octanol–water partition coefficient (Wildman–Crippen LogP) is 5.94. The summed E-state index contributed by atoms with van der Waals surface area (Å²) in [6.45, 7) is 6.29. The van der Waals surface area contributed by atoms with Crippen LogP contribution >= 0.6 is 23.4 Å². The fraction of sp³-hybridized carbons (Fsp3) is 0.208. The molecule has 0 bridgehead atoms. The molecule has 4 rings (SSSR count). The predicted molar refractivity (Wildman–Crippen MR) is 128 cm³/mol. The van der Waals surface area contributed by atoms with Crippen LogP contribution in [0.25, 0.3) is 11.0 Å². The first kappa shape index (κ1) is 21.4. The number of imidazole rings is 1. The molecule has 0 saturated carbocycles. The lowest BCUT2D eigenvalue weighted by molar-refractivity contribution is -0.116. The fourth-order valence-electron chi connectivity index (χ4n) is 3.36. The molecular formula is C24H23ClN4OS. The van der Waals surface area contributed by atoms with Crippen LogP contribution in [0.1, 0.15) is 22.3 Å². The van der Waals surface area contributed by atoms with Crippen molar-refractivity contribution in [2.24, 2.45) is 0 Å². The van der Waals surface area contributed by atoms with E-state index in [1.807, 2.05) is 35.8 Å². The molecule has 7 heteroatoms. The first-order valence-electron chi connectivity index (χ1n) is 9.96. The Kier molecular flexibility index (Phi) is 6.30. The van der Waals surface area contributed by atoms with E-state index in [2.05, 4.69) is 42.3 Å². The van der Waals surface area contributed by atoms with E-state index in [0.717, 1.165) is 27.5 Å². The van der Waals surface area contributed by atoms with E-state index in [1.165, 1.54) is 16.7 Å². The largest absolute Gasteiger partial charge is 0.323 e. The Morgan fingerprint density at radius 3 is 2.68 bits per heavy atom. The van der Waals surface area contributed by atoms with Gasteiger partial charge in [0.15, 0.2) is 5.16 Å². The number of rotatable bonds is 6. The molecule has 1 amide bonds. The van der Waals surface area contributed by atoms with Gasteiger partial charge < -0.3 is 9.88 Å². The van der Waals surface area contributed by atoms with Crippen LogP contribution in [0.2, 0.25) is 5.02 Å². The topological polar surface area (TPSA) is 59.8 Å². The van der Waals surface area contributed by atoms with Gasteiger partial charge in [-0.15, -0.1) is 0 Å². The van der Waals surface area contributed by atoms with Crippen molar-refractivity contribution < 1.29 is 4.79 Å². The minimum atomic E-state index is -0.164. The summed E-state index contributed by atoms with van der Waals surface area (Å²) in [5.74, 6) is 0.609. The van der Waals surface area contributed by atoms with Gasteiger partial charge in [-0.1, -0.05) is 53.2 Å². The third-order valence-corrected chi connectivity index (χ3v) is 6.42. The summed E-state index contributed by atoms with van der Waals surface area (Å²) in [5, 5.41) is 4.22. The van der Waals surface area contributed by atoms with Gasteiger partial charge in [0.2, 0.25) is 5.91 Å². The second kappa shape index (κ2) is 9.12. The summed E-state index contributed by atoms with van der Waals surface area (Å²) in [7, 11) is 0. The fourth-order valence-corrected chi connectivity index (χ4v) is 4.72. The van der Waals surface area contributed by atoms with Crippen molar-refractivity contribution in [1.82, 2.24) is 14.5 Å². The van der Waals surface area contributed by atoms with E-state index in [9.17, 15) is 4.79 Å². The number of nitrogens with zero attached hydrogens (tertiary/aromatic N) is 3. The number of benzene rings is 2. The molecule has 0 atom stereocenters. The molecule has 31 heavy (non-hydrogen) atoms. The maximum Gasteiger partial charge on any atom is 0.244 e. The number of nitrogens with one attached hydrogen (secondary N) is 1. The molecule has 0 unspecified atom stereocenters. The lowest BCUT2D eigenvalue weighted by Crippen LogP contribution is -2.19. The van der Waals surface area contributed by atoms with E-state index in [-0.39, 0.29) is 12.5 Å². The molecule has 2 aromatic heterocycles. The van der Waals surface area contributed by atoms with Gasteiger partial charge in [0.25, 0.3) is 0 Å². The molecule has 0 saturated heterocycles. The Hall–Kier alpha value is -2.83. The van der Waals surface area contributed by atoms with Crippen LogP contribution in [-0.2, 0) is 17.1 Å². The summed E-state index contributed by atoms with van der Waals surface area (Å²) >= 11 is 7.90. The smallest absolute Gasteiger partial charge is 0.244 e. The first-order chi connectivity index (χ1) is 14.9. The van der Waals surface area contributed by atoms with Crippen molar-refractivity contribution in [2.75, 3.05) is 5.32 Å². The van der Waals surface area contributed by atoms with Crippen molar-refractivity contribution in [3.63, 3.8) is 0 Å². The highest BCUT2D eigenvalue weighted by Crippen LogP contribution is 2.28. The quantitative estimate of drug-likeness (QED) is 0.369.